The smallest absolute Gasteiger partial charge is 0.0650 e. The predicted molar refractivity (Wildman–Crippen MR) is 40.9 cm³/mol. The molecule has 9 heavy (non-hydrogen) atoms. The lowest BCUT2D eigenvalue weighted by Crippen LogP contribution is -1.83. The van der Waals surface area contributed by atoms with Crippen molar-refractivity contribution in [2.45, 2.75) is 0 Å². The molecule has 1 nitrogen and oxygen atoms in total. The maximum absolute atomic E-state index is 5.60. The van der Waals surface area contributed by atoms with Gasteiger partial charge in [0, 0.05) is 5.02 Å². The third kappa shape index (κ3) is 1.50. The second-order valence-electron chi connectivity index (χ2n) is 1.67. The zero-order valence-corrected chi connectivity index (χ0v) is 6.08. The van der Waals surface area contributed by atoms with Gasteiger partial charge in [0.2, 0.25) is 0 Å². The molecule has 0 bridgehead atoms. The van der Waals surface area contributed by atoms with Crippen LogP contribution in [0.3, 0.4) is 0 Å². The molecule has 1 aromatic carbocycles. The number of benzene rings is 1. The normalized spacial score (nSPS) is 9.56. The van der Waals surface area contributed by atoms with E-state index in [1.54, 1.807) is 18.2 Å². The summed E-state index contributed by atoms with van der Waals surface area (Å²) in [7, 11) is 0. The fraction of sp³-hybridized carbons (Fsp3) is 0. The van der Waals surface area contributed by atoms with Gasteiger partial charge in [-0.3, -0.25) is 0 Å². The van der Waals surface area contributed by atoms with E-state index < -0.39 is 0 Å². The van der Waals surface area contributed by atoms with Crippen LogP contribution in [0.1, 0.15) is 0 Å². The number of hydrogen-bond donors (Lipinski definition) is 1. The fourth-order valence-electron chi connectivity index (χ4n) is 0.502. The van der Waals surface area contributed by atoms with E-state index >= 15 is 0 Å². The highest BCUT2D eigenvalue weighted by Gasteiger charge is 1.93. The van der Waals surface area contributed by atoms with E-state index in [1.165, 1.54) is 0 Å². The first-order valence-corrected chi connectivity index (χ1v) is 3.16. The molecule has 0 spiro atoms. The molecule has 0 atom stereocenters. The summed E-state index contributed by atoms with van der Waals surface area (Å²) in [6, 6.07) is 4.98. The molecule has 0 aliphatic carbocycles. The summed E-state index contributed by atoms with van der Waals surface area (Å²) in [4.78, 5) is 0. The summed E-state index contributed by atoms with van der Waals surface area (Å²) in [6.07, 6.45) is 0. The zero-order chi connectivity index (χ0) is 6.85. The Morgan fingerprint density at radius 2 is 1.89 bits per heavy atom. The fourth-order valence-corrected chi connectivity index (χ4v) is 0.910. The van der Waals surface area contributed by atoms with Crippen LogP contribution in [-0.2, 0) is 0 Å². The van der Waals surface area contributed by atoms with Crippen LogP contribution < -0.4 is 5.73 Å². The van der Waals surface area contributed by atoms with Crippen molar-refractivity contribution < 1.29 is 0 Å². The van der Waals surface area contributed by atoms with Crippen LogP contribution in [0.15, 0.2) is 18.2 Å². The standard InChI is InChI=1S/C6H5Cl2N/c7-4-1-2-6(9)5(8)3-4/h1-3H,9H2/i1+1,2+1,3+1,4+1,5+1,6+1. The Morgan fingerprint density at radius 1 is 1.22 bits per heavy atom. The summed E-state index contributed by atoms with van der Waals surface area (Å²) < 4.78 is 0. The van der Waals surface area contributed by atoms with Gasteiger partial charge in [-0.2, -0.15) is 0 Å². The Bertz CT molecular complexity index is 222. The van der Waals surface area contributed by atoms with Crippen LogP contribution in [0.25, 0.3) is 0 Å². The molecule has 48 valence electrons. The van der Waals surface area contributed by atoms with Crippen LogP contribution >= 0.6 is 23.2 Å². The molecular formula is C6H5Cl2N. The Kier molecular flexibility index (Phi) is 1.84. The van der Waals surface area contributed by atoms with E-state index in [9.17, 15) is 0 Å². The third-order valence-corrected chi connectivity index (χ3v) is 1.52. The Balaban J connectivity index is 3.17. The van der Waals surface area contributed by atoms with Crippen molar-refractivity contribution in [3.8, 4) is 0 Å². The quantitative estimate of drug-likeness (QED) is 0.591. The van der Waals surface area contributed by atoms with Gasteiger partial charge in [-0.05, 0) is 18.2 Å². The van der Waals surface area contributed by atoms with Crippen molar-refractivity contribution in [3.05, 3.63) is 28.2 Å². The van der Waals surface area contributed by atoms with Gasteiger partial charge in [0.15, 0.2) is 0 Å². The second kappa shape index (κ2) is 2.46. The highest BCUT2D eigenvalue weighted by Crippen LogP contribution is 2.21. The maximum atomic E-state index is 5.60. The van der Waals surface area contributed by atoms with E-state index in [1.807, 2.05) is 0 Å². The molecule has 0 heterocycles. The van der Waals surface area contributed by atoms with Crippen LogP contribution in [0, 0.1) is 0 Å². The van der Waals surface area contributed by atoms with Gasteiger partial charge in [0.05, 0.1) is 10.7 Å². The lowest BCUT2D eigenvalue weighted by Gasteiger charge is -1.94. The zero-order valence-electron chi connectivity index (χ0n) is 4.57. The van der Waals surface area contributed by atoms with Crippen LogP contribution in [0.2, 0.25) is 10.0 Å². The molecule has 0 fully saturated rings. The number of nitrogens with two attached hydrogens (primary N) is 1. The van der Waals surface area contributed by atoms with E-state index in [0.29, 0.717) is 15.7 Å². The predicted octanol–water partition coefficient (Wildman–Crippen LogP) is 2.58. The first-order valence-electron chi connectivity index (χ1n) is 2.40. The van der Waals surface area contributed by atoms with Gasteiger partial charge >= 0.3 is 0 Å². The van der Waals surface area contributed by atoms with E-state index in [-0.39, 0.29) is 0 Å². The van der Waals surface area contributed by atoms with Gasteiger partial charge in [-0.1, -0.05) is 23.2 Å². The summed E-state index contributed by atoms with van der Waals surface area (Å²) in [5.41, 5.74) is 5.95. The second-order valence-corrected chi connectivity index (χ2v) is 2.51. The van der Waals surface area contributed by atoms with E-state index in [4.69, 9.17) is 28.9 Å². The van der Waals surface area contributed by atoms with Crippen molar-refractivity contribution in [1.29, 1.82) is 0 Å². The SMILES string of the molecule is N[13c]1[13cH][13cH][13c](Cl)[13cH][13c]1Cl. The molecule has 1 rings (SSSR count). The summed E-state index contributed by atoms with van der Waals surface area (Å²) >= 11 is 11.2. The number of hydrogen-bond acceptors (Lipinski definition) is 1. The van der Waals surface area contributed by atoms with Crippen molar-refractivity contribution >= 4 is 28.9 Å². The Hall–Kier alpha value is -0.400. The van der Waals surface area contributed by atoms with Crippen LogP contribution in [0.4, 0.5) is 5.69 Å². The molecule has 0 saturated heterocycles. The van der Waals surface area contributed by atoms with Crippen molar-refractivity contribution in [2.75, 3.05) is 5.73 Å². The maximum Gasteiger partial charge on any atom is 0.0650 e. The molecule has 0 saturated carbocycles. The number of anilines is 1. The molecule has 0 aromatic heterocycles. The molecule has 0 aliphatic rings. The summed E-state index contributed by atoms with van der Waals surface area (Å²) in [6.45, 7) is 0. The molecule has 0 unspecified atom stereocenters. The molecular weight excluding hydrogens is 163 g/mol. The van der Waals surface area contributed by atoms with E-state index in [0.717, 1.165) is 0 Å². The van der Waals surface area contributed by atoms with Gasteiger partial charge in [0.25, 0.3) is 0 Å². The number of nitrogen functional groups attached to an aromatic ring is 1. The van der Waals surface area contributed by atoms with Crippen LogP contribution in [-0.4, -0.2) is 0 Å². The Labute approximate surface area is 63.4 Å². The largest absolute Gasteiger partial charge is 0.398 e. The van der Waals surface area contributed by atoms with E-state index in [2.05, 4.69) is 0 Å². The molecule has 0 amide bonds. The number of rotatable bonds is 0. The first kappa shape index (κ1) is 6.72. The van der Waals surface area contributed by atoms with Gasteiger partial charge in [0.1, 0.15) is 0 Å². The molecule has 1 aromatic rings. The Morgan fingerprint density at radius 3 is 2.33 bits per heavy atom. The van der Waals surface area contributed by atoms with Gasteiger partial charge in [-0.15, -0.1) is 0 Å². The third-order valence-electron chi connectivity index (χ3n) is 0.962. The van der Waals surface area contributed by atoms with Crippen molar-refractivity contribution in [1.82, 2.24) is 0 Å². The highest BCUT2D eigenvalue weighted by molar-refractivity contribution is 6.36. The lowest BCUT2D eigenvalue weighted by molar-refractivity contribution is 1.68. The van der Waals surface area contributed by atoms with Crippen molar-refractivity contribution in [3.63, 3.8) is 0 Å². The minimum Gasteiger partial charge on any atom is -0.398 e. The van der Waals surface area contributed by atoms with Crippen molar-refractivity contribution in [2.24, 2.45) is 0 Å². The average molecular weight is 168 g/mol. The minimum absolute atomic E-state index is 0.502. The molecule has 2 N–H and O–H groups in total. The molecule has 0 aliphatic heterocycles. The summed E-state index contributed by atoms with van der Waals surface area (Å²) in [5, 5.41) is 1.11. The van der Waals surface area contributed by atoms with Gasteiger partial charge in [-0.25, -0.2) is 0 Å². The topological polar surface area (TPSA) is 26.0 Å². The first-order chi connectivity index (χ1) is 4.20. The van der Waals surface area contributed by atoms with Gasteiger partial charge < -0.3 is 5.73 Å². The molecule has 3 heteroatoms. The number of halogens is 2. The van der Waals surface area contributed by atoms with Crippen LogP contribution in [0.5, 0.6) is 0 Å². The summed E-state index contributed by atoms with van der Waals surface area (Å²) in [5.74, 6) is 0. The highest BCUT2D eigenvalue weighted by atomic mass is 35.5. The molecule has 0 radical (unpaired) electrons. The monoisotopic (exact) mass is 167 g/mol. The average Bonchev–Trinajstić information content (AvgIpc) is 1.80. The lowest BCUT2D eigenvalue weighted by atomic mass is 11.3. The minimum atomic E-state index is 0.502.